The minimum Gasteiger partial charge on any atom is -0.396 e. The first-order chi connectivity index (χ1) is 10.2. The molecule has 0 saturated carbocycles. The summed E-state index contributed by atoms with van der Waals surface area (Å²) in [6, 6.07) is 4.74. The van der Waals surface area contributed by atoms with E-state index in [0.717, 1.165) is 38.3 Å². The molecule has 1 aromatic rings. The molecule has 1 aliphatic heterocycles. The predicted octanol–water partition coefficient (Wildman–Crippen LogP) is 2.57. The lowest BCUT2D eigenvalue weighted by Crippen LogP contribution is -2.32. The molecule has 0 aliphatic carbocycles. The Hall–Kier alpha value is -1.13. The number of anilines is 1. The minimum absolute atomic E-state index is 0.287. The third-order valence-corrected chi connectivity index (χ3v) is 4.08. The third kappa shape index (κ3) is 4.68. The summed E-state index contributed by atoms with van der Waals surface area (Å²) in [5, 5.41) is 12.6. The van der Waals surface area contributed by atoms with Gasteiger partial charge >= 0.3 is 0 Å². The number of nitrogens with zero attached hydrogens (tertiary/aromatic N) is 2. The van der Waals surface area contributed by atoms with Crippen LogP contribution in [0.1, 0.15) is 45.1 Å². The summed E-state index contributed by atoms with van der Waals surface area (Å²) in [5.41, 5.74) is 1.29. The maximum Gasteiger partial charge on any atom is 0.133 e. The molecule has 1 unspecified atom stereocenters. The van der Waals surface area contributed by atoms with Gasteiger partial charge in [-0.25, -0.2) is 4.98 Å². The molecular weight excluding hydrogens is 262 g/mol. The summed E-state index contributed by atoms with van der Waals surface area (Å²) < 4.78 is 0. The molecule has 118 valence electrons. The lowest BCUT2D eigenvalue weighted by molar-refractivity contribution is 0.279. The average molecular weight is 291 g/mol. The van der Waals surface area contributed by atoms with Crippen LogP contribution in [0.5, 0.6) is 0 Å². The van der Waals surface area contributed by atoms with Crippen LogP contribution in [0.3, 0.4) is 0 Å². The number of hydrogen-bond donors (Lipinski definition) is 2. The second-order valence-corrected chi connectivity index (χ2v) is 6.37. The molecule has 1 atom stereocenters. The molecule has 0 aromatic carbocycles. The lowest BCUT2D eigenvalue weighted by atomic mass is 10.1. The fourth-order valence-electron chi connectivity index (χ4n) is 3.06. The minimum atomic E-state index is 0.287. The van der Waals surface area contributed by atoms with Crippen LogP contribution in [-0.2, 0) is 6.54 Å². The van der Waals surface area contributed by atoms with Gasteiger partial charge in [-0.15, -0.1) is 0 Å². The van der Waals surface area contributed by atoms with Crippen LogP contribution in [-0.4, -0.2) is 35.8 Å². The Bertz CT molecular complexity index is 422. The van der Waals surface area contributed by atoms with Gasteiger partial charge in [0.05, 0.1) is 0 Å². The molecule has 1 aliphatic rings. The highest BCUT2D eigenvalue weighted by Crippen LogP contribution is 2.29. The van der Waals surface area contributed by atoms with E-state index in [1.54, 1.807) is 0 Å². The topological polar surface area (TPSA) is 48.4 Å². The SMILES string of the molecule is CC(C)CNCc1cccnc1N1CCCC1CCCO. The van der Waals surface area contributed by atoms with Gasteiger partial charge in [-0.05, 0) is 44.2 Å². The Morgan fingerprint density at radius 3 is 3.10 bits per heavy atom. The van der Waals surface area contributed by atoms with Crippen molar-refractivity contribution in [3.8, 4) is 0 Å². The van der Waals surface area contributed by atoms with E-state index in [4.69, 9.17) is 5.11 Å². The van der Waals surface area contributed by atoms with Gasteiger partial charge in [-0.2, -0.15) is 0 Å². The largest absolute Gasteiger partial charge is 0.396 e. The van der Waals surface area contributed by atoms with Crippen LogP contribution >= 0.6 is 0 Å². The van der Waals surface area contributed by atoms with E-state index in [2.05, 4.69) is 35.1 Å². The second-order valence-electron chi connectivity index (χ2n) is 6.37. The van der Waals surface area contributed by atoms with Crippen molar-refractivity contribution in [2.45, 2.75) is 52.1 Å². The Balaban J connectivity index is 2.04. The van der Waals surface area contributed by atoms with Gasteiger partial charge in [-0.1, -0.05) is 19.9 Å². The van der Waals surface area contributed by atoms with Crippen LogP contribution in [0.15, 0.2) is 18.3 Å². The Kier molecular flexibility index (Phi) is 6.46. The highest BCUT2D eigenvalue weighted by atomic mass is 16.2. The molecule has 0 amide bonds. The van der Waals surface area contributed by atoms with E-state index in [1.807, 2.05) is 12.3 Å². The summed E-state index contributed by atoms with van der Waals surface area (Å²) in [4.78, 5) is 7.09. The highest BCUT2D eigenvalue weighted by molar-refractivity contribution is 5.48. The molecule has 2 heterocycles. The van der Waals surface area contributed by atoms with E-state index in [-0.39, 0.29) is 6.61 Å². The van der Waals surface area contributed by atoms with Gasteiger partial charge in [0.2, 0.25) is 0 Å². The number of aliphatic hydroxyl groups excluding tert-OH is 1. The lowest BCUT2D eigenvalue weighted by Gasteiger charge is -2.27. The molecule has 0 spiro atoms. The first-order valence-corrected chi connectivity index (χ1v) is 8.24. The maximum absolute atomic E-state index is 9.06. The smallest absolute Gasteiger partial charge is 0.133 e. The predicted molar refractivity (Wildman–Crippen MR) is 87.5 cm³/mol. The van der Waals surface area contributed by atoms with Gasteiger partial charge in [-0.3, -0.25) is 0 Å². The molecule has 1 fully saturated rings. The van der Waals surface area contributed by atoms with Crippen molar-refractivity contribution in [3.63, 3.8) is 0 Å². The highest BCUT2D eigenvalue weighted by Gasteiger charge is 2.26. The Morgan fingerprint density at radius 1 is 1.48 bits per heavy atom. The quantitative estimate of drug-likeness (QED) is 0.773. The van der Waals surface area contributed by atoms with E-state index in [9.17, 15) is 0 Å². The number of aliphatic hydroxyl groups is 1. The van der Waals surface area contributed by atoms with Gasteiger partial charge < -0.3 is 15.3 Å². The van der Waals surface area contributed by atoms with Crippen LogP contribution in [0.25, 0.3) is 0 Å². The molecule has 1 aromatic heterocycles. The summed E-state index contributed by atoms with van der Waals surface area (Å²) >= 11 is 0. The monoisotopic (exact) mass is 291 g/mol. The number of aromatic nitrogens is 1. The first kappa shape index (κ1) is 16.2. The van der Waals surface area contributed by atoms with E-state index >= 15 is 0 Å². The van der Waals surface area contributed by atoms with Crippen molar-refractivity contribution in [2.24, 2.45) is 5.92 Å². The van der Waals surface area contributed by atoms with Crippen LogP contribution in [0, 0.1) is 5.92 Å². The second kappa shape index (κ2) is 8.35. The molecule has 0 bridgehead atoms. The van der Waals surface area contributed by atoms with Crippen molar-refractivity contribution < 1.29 is 5.11 Å². The van der Waals surface area contributed by atoms with Crippen molar-refractivity contribution in [1.82, 2.24) is 10.3 Å². The van der Waals surface area contributed by atoms with E-state index in [1.165, 1.54) is 18.4 Å². The summed E-state index contributed by atoms with van der Waals surface area (Å²) in [5.74, 6) is 1.79. The molecule has 4 heteroatoms. The zero-order chi connectivity index (χ0) is 15.1. The third-order valence-electron chi connectivity index (χ3n) is 4.08. The molecule has 0 radical (unpaired) electrons. The first-order valence-electron chi connectivity index (χ1n) is 8.24. The molecular formula is C17H29N3O. The zero-order valence-corrected chi connectivity index (χ0v) is 13.4. The van der Waals surface area contributed by atoms with Gasteiger partial charge in [0, 0.05) is 37.5 Å². The van der Waals surface area contributed by atoms with Gasteiger partial charge in [0.1, 0.15) is 5.82 Å². The van der Waals surface area contributed by atoms with Crippen molar-refractivity contribution in [1.29, 1.82) is 0 Å². The number of nitrogens with one attached hydrogen (secondary N) is 1. The Morgan fingerprint density at radius 2 is 2.33 bits per heavy atom. The van der Waals surface area contributed by atoms with Gasteiger partial charge in [0.15, 0.2) is 0 Å². The van der Waals surface area contributed by atoms with Crippen molar-refractivity contribution in [3.05, 3.63) is 23.9 Å². The van der Waals surface area contributed by atoms with Crippen LogP contribution in [0.4, 0.5) is 5.82 Å². The maximum atomic E-state index is 9.06. The zero-order valence-electron chi connectivity index (χ0n) is 13.4. The molecule has 4 nitrogen and oxygen atoms in total. The molecule has 21 heavy (non-hydrogen) atoms. The standard InChI is InChI=1S/C17H29N3O/c1-14(2)12-18-13-15-6-3-9-19-17(15)20-10-4-7-16(20)8-5-11-21/h3,6,9,14,16,18,21H,4-5,7-8,10-13H2,1-2H3. The van der Waals surface area contributed by atoms with Crippen molar-refractivity contribution >= 4 is 5.82 Å². The van der Waals surface area contributed by atoms with Crippen LogP contribution in [0.2, 0.25) is 0 Å². The Labute approximate surface area is 128 Å². The van der Waals surface area contributed by atoms with E-state index < -0.39 is 0 Å². The summed E-state index contributed by atoms with van der Waals surface area (Å²) in [6.45, 7) is 7.73. The molecule has 2 rings (SSSR count). The summed E-state index contributed by atoms with van der Waals surface area (Å²) in [6.07, 6.45) is 6.28. The van der Waals surface area contributed by atoms with Crippen molar-refractivity contribution in [2.75, 3.05) is 24.6 Å². The number of pyridine rings is 1. The normalized spacial score (nSPS) is 18.7. The van der Waals surface area contributed by atoms with Gasteiger partial charge in [0.25, 0.3) is 0 Å². The fraction of sp³-hybridized carbons (Fsp3) is 0.706. The van der Waals surface area contributed by atoms with Crippen LogP contribution < -0.4 is 10.2 Å². The molecule has 1 saturated heterocycles. The number of rotatable bonds is 8. The summed E-state index contributed by atoms with van der Waals surface area (Å²) in [7, 11) is 0. The molecule has 2 N–H and O–H groups in total. The fourth-order valence-corrected chi connectivity index (χ4v) is 3.06. The average Bonchev–Trinajstić information content (AvgIpc) is 2.93. The van der Waals surface area contributed by atoms with E-state index in [0.29, 0.717) is 12.0 Å². The number of hydrogen-bond acceptors (Lipinski definition) is 4.